The Morgan fingerprint density at radius 3 is 0.370 bits per heavy atom. The Morgan fingerprint density at radius 1 is 0.370 bits per heavy atom. The van der Waals surface area contributed by atoms with Gasteiger partial charge in [0.25, 0.3) is 0 Å². The first-order chi connectivity index (χ1) is 10.0. The van der Waals surface area contributed by atoms with Gasteiger partial charge >= 0.3 is 34.1 Å². The molecule has 0 bridgehead atoms. The van der Waals surface area contributed by atoms with E-state index in [-0.39, 0.29) is 34.1 Å². The fourth-order valence-electron chi connectivity index (χ4n) is 0. The maximum absolute atomic E-state index is 9.08. The van der Waals surface area contributed by atoms with Crippen LogP contribution in [0.5, 0.6) is 0 Å². The fraction of sp³-hybridized carbons (Fsp3) is 1.00. The molecule has 0 unspecified atom stereocenters. The summed E-state index contributed by atoms with van der Waals surface area (Å²) in [5.41, 5.74) is 0. The van der Waals surface area contributed by atoms with Crippen molar-refractivity contribution in [3.63, 3.8) is 0 Å². The van der Waals surface area contributed by atoms with E-state index in [0.717, 1.165) is 0 Å². The second kappa shape index (κ2) is 18.6. The van der Waals surface area contributed by atoms with Crippen molar-refractivity contribution >= 4 is 50.6 Å². The van der Waals surface area contributed by atoms with E-state index in [0.29, 0.717) is 31.3 Å². The molecule has 0 atom stereocenters. The third-order valence-corrected chi connectivity index (χ3v) is 0. The fourth-order valence-corrected chi connectivity index (χ4v) is 0. The molecule has 171 valence electrons. The Hall–Kier alpha value is 0.589. The molecule has 15 nitrogen and oxygen atoms in total. The van der Waals surface area contributed by atoms with E-state index in [1.54, 1.807) is 0 Å². The van der Waals surface area contributed by atoms with Gasteiger partial charge in [0.1, 0.15) is 0 Å². The van der Waals surface area contributed by atoms with E-state index >= 15 is 0 Å². The molecule has 22 heteroatoms. The topological polar surface area (TPSA) is 286 Å². The quantitative estimate of drug-likeness (QED) is 0.192. The minimum absolute atomic E-state index is 0. The second-order valence-corrected chi connectivity index (χ2v) is 10.6. The van der Waals surface area contributed by atoms with Gasteiger partial charge in [0.2, 0.25) is 0 Å². The Labute approximate surface area is 180 Å². The van der Waals surface area contributed by atoms with Gasteiger partial charge < -0.3 is 22.8 Å². The van der Waals surface area contributed by atoms with Crippen LogP contribution in [-0.2, 0) is 84.7 Å². The first-order valence-electron chi connectivity index (χ1n) is 4.54. The van der Waals surface area contributed by atoms with Crippen molar-refractivity contribution in [2.45, 2.75) is 0 Å². The maximum atomic E-state index is 9.08. The van der Waals surface area contributed by atoms with E-state index in [9.17, 15) is 0 Å². The standard InChI is InChI=1S/5CH4O3S.2Fe/c5*1-5(2,3)4;;/h5*1H3,(H,2,3,4);;/q;;;;;+2;+3/p-5. The summed E-state index contributed by atoms with van der Waals surface area (Å²) in [5.74, 6) is 0. The zero-order valence-corrected chi connectivity index (χ0v) is 20.2. The van der Waals surface area contributed by atoms with Gasteiger partial charge in [0.05, 0.1) is 50.6 Å². The van der Waals surface area contributed by atoms with Crippen LogP contribution in [0.15, 0.2) is 0 Å². The molecule has 27 heavy (non-hydrogen) atoms. The summed E-state index contributed by atoms with van der Waals surface area (Å²) in [5, 5.41) is 0. The van der Waals surface area contributed by atoms with Crippen LogP contribution in [-0.4, -0.2) is 96.1 Å². The summed E-state index contributed by atoms with van der Waals surface area (Å²) in [6, 6.07) is 0. The molecule has 0 aromatic heterocycles. The molecule has 0 amide bonds. The van der Waals surface area contributed by atoms with Crippen LogP contribution in [0.3, 0.4) is 0 Å². The van der Waals surface area contributed by atoms with Gasteiger partial charge in [-0.2, -0.15) is 0 Å². The molecule has 0 aliphatic rings. The first-order valence-corrected chi connectivity index (χ1v) is 13.6. The summed E-state index contributed by atoms with van der Waals surface area (Å²) < 4.78 is 136. The van der Waals surface area contributed by atoms with Gasteiger partial charge in [-0.15, -0.1) is 0 Å². The summed E-state index contributed by atoms with van der Waals surface area (Å²) >= 11 is 0. The van der Waals surface area contributed by atoms with Gasteiger partial charge in [0, 0.05) is 31.3 Å². The largest absolute Gasteiger partial charge is 3.00 e. The Balaban J connectivity index is -0.0000000364. The smallest absolute Gasteiger partial charge is 0.748 e. The average Bonchev–Trinajstić information content (AvgIpc) is 1.79. The summed E-state index contributed by atoms with van der Waals surface area (Å²) in [6.45, 7) is 0. The molecule has 0 N–H and O–H groups in total. The minimum atomic E-state index is -3.92. The Bertz CT molecular complexity index is 635. The van der Waals surface area contributed by atoms with Gasteiger partial charge in [-0.25, -0.2) is 42.1 Å². The molecule has 0 rings (SSSR count). The monoisotopic (exact) mass is 587 g/mol. The molecule has 0 aliphatic carbocycles. The zero-order chi connectivity index (χ0) is 22.5. The number of rotatable bonds is 0. The second-order valence-electron chi connectivity index (χ2n) is 3.52. The van der Waals surface area contributed by atoms with Crippen molar-refractivity contribution in [2.24, 2.45) is 0 Å². The summed E-state index contributed by atoms with van der Waals surface area (Å²) in [6.07, 6.45) is 3.02. The van der Waals surface area contributed by atoms with Crippen LogP contribution in [0.25, 0.3) is 0 Å². The zero-order valence-electron chi connectivity index (χ0n) is 13.9. The van der Waals surface area contributed by atoms with Crippen LogP contribution in [0.2, 0.25) is 0 Å². The minimum Gasteiger partial charge on any atom is -0.748 e. The Kier molecular flexibility index (Phi) is 31.7. The van der Waals surface area contributed by atoms with Crippen LogP contribution < -0.4 is 0 Å². The van der Waals surface area contributed by atoms with Gasteiger partial charge in [0.15, 0.2) is 0 Å². The molecule has 0 aromatic carbocycles. The van der Waals surface area contributed by atoms with E-state index in [2.05, 4.69) is 0 Å². The van der Waals surface area contributed by atoms with Gasteiger partial charge in [-0.1, -0.05) is 0 Å². The Morgan fingerprint density at radius 2 is 0.370 bits per heavy atom. The van der Waals surface area contributed by atoms with Crippen molar-refractivity contribution in [3.8, 4) is 0 Å². The van der Waals surface area contributed by atoms with Gasteiger partial charge in [-0.05, 0) is 0 Å². The van der Waals surface area contributed by atoms with E-state index in [1.807, 2.05) is 0 Å². The molecular weight excluding hydrogens is 572 g/mol. The average molecular weight is 587 g/mol. The molecule has 1 radical (unpaired) electrons. The maximum Gasteiger partial charge on any atom is 3.00 e. The first kappa shape index (κ1) is 46.0. The van der Waals surface area contributed by atoms with Crippen molar-refractivity contribution in [2.75, 3.05) is 31.3 Å². The van der Waals surface area contributed by atoms with Crippen LogP contribution >= 0.6 is 0 Å². The normalized spacial score (nSPS) is 10.7. The molecule has 0 heterocycles. The molecule has 0 aromatic rings. The van der Waals surface area contributed by atoms with Crippen molar-refractivity contribution in [3.05, 3.63) is 0 Å². The van der Waals surface area contributed by atoms with Crippen LogP contribution in [0.1, 0.15) is 0 Å². The molecule has 0 saturated carbocycles. The third-order valence-electron chi connectivity index (χ3n) is 0. The SMILES string of the molecule is CS(=O)(=O)[O-].CS(=O)(=O)[O-].CS(=O)(=O)[O-].CS(=O)(=O)[O-].CS(=O)(=O)[O-].[Fe+2].[Fe+3]. The van der Waals surface area contributed by atoms with E-state index in [1.165, 1.54) is 0 Å². The molecular formula is C5H15Fe2O15S5. The van der Waals surface area contributed by atoms with E-state index < -0.39 is 50.6 Å². The van der Waals surface area contributed by atoms with Crippen molar-refractivity contribution in [1.29, 1.82) is 0 Å². The summed E-state index contributed by atoms with van der Waals surface area (Å²) in [4.78, 5) is 0. The predicted molar refractivity (Wildman–Crippen MR) is 78.1 cm³/mol. The molecule has 0 aliphatic heterocycles. The van der Waals surface area contributed by atoms with Crippen molar-refractivity contribution < 1.29 is 99.0 Å². The van der Waals surface area contributed by atoms with Crippen molar-refractivity contribution in [1.82, 2.24) is 0 Å². The third kappa shape index (κ3) is 46300. The van der Waals surface area contributed by atoms with E-state index in [4.69, 9.17) is 64.9 Å². The van der Waals surface area contributed by atoms with Crippen LogP contribution in [0, 0.1) is 0 Å². The molecule has 0 saturated heterocycles. The number of hydrogen-bond donors (Lipinski definition) is 0. The van der Waals surface area contributed by atoms with Crippen LogP contribution in [0.4, 0.5) is 0 Å². The summed E-state index contributed by atoms with van der Waals surface area (Å²) in [7, 11) is -19.6. The molecule has 0 fully saturated rings. The van der Waals surface area contributed by atoms with Gasteiger partial charge in [-0.3, -0.25) is 0 Å². The predicted octanol–water partition coefficient (Wildman–Crippen LogP) is -4.20. The molecule has 0 spiro atoms. The number of hydrogen-bond acceptors (Lipinski definition) is 15.